The second-order valence-corrected chi connectivity index (χ2v) is 4.69. The molecule has 1 aliphatic heterocycles. The molecule has 1 heterocycles. The van der Waals surface area contributed by atoms with Gasteiger partial charge in [-0.2, -0.15) is 0 Å². The topological polar surface area (TPSA) is 41.3 Å². The van der Waals surface area contributed by atoms with Gasteiger partial charge in [0.05, 0.1) is 0 Å². The van der Waals surface area contributed by atoms with E-state index in [2.05, 4.69) is 17.3 Å². The molecule has 0 bridgehead atoms. The summed E-state index contributed by atoms with van der Waals surface area (Å²) in [6.45, 7) is 3.17. The van der Waals surface area contributed by atoms with Crippen LogP contribution < -0.4 is 11.1 Å². The van der Waals surface area contributed by atoms with Crippen LogP contribution in [0.3, 0.4) is 0 Å². The first-order valence-corrected chi connectivity index (χ1v) is 5.38. The van der Waals surface area contributed by atoms with E-state index >= 15 is 0 Å². The Hall–Kier alpha value is -0.120. The Labute approximate surface area is 80.7 Å². The first-order chi connectivity index (χ1) is 6.28. The fourth-order valence-electron chi connectivity index (χ4n) is 2.81. The molecule has 76 valence electrons. The van der Waals surface area contributed by atoms with E-state index in [1.807, 2.05) is 0 Å². The summed E-state index contributed by atoms with van der Waals surface area (Å²) in [6.07, 6.45) is 5.51. The number of hydrogen-bond donors (Lipinski definition) is 2. The number of rotatable bonds is 2. The third kappa shape index (κ3) is 1.73. The van der Waals surface area contributed by atoms with Crippen molar-refractivity contribution in [2.75, 3.05) is 26.8 Å². The van der Waals surface area contributed by atoms with Gasteiger partial charge in [-0.15, -0.1) is 0 Å². The predicted molar refractivity (Wildman–Crippen MR) is 54.4 cm³/mol. The van der Waals surface area contributed by atoms with E-state index in [0.717, 1.165) is 12.7 Å². The van der Waals surface area contributed by atoms with Crippen LogP contribution >= 0.6 is 0 Å². The minimum absolute atomic E-state index is 0.694. The minimum atomic E-state index is 0.694. The van der Waals surface area contributed by atoms with Crippen molar-refractivity contribution in [3.8, 4) is 0 Å². The molecular weight excluding hydrogens is 162 g/mol. The molecule has 1 saturated heterocycles. The fraction of sp³-hybridized carbons (Fsp3) is 1.00. The molecule has 0 amide bonds. The molecule has 3 heteroatoms. The summed E-state index contributed by atoms with van der Waals surface area (Å²) in [5.74, 6) is 0. The third-order valence-electron chi connectivity index (χ3n) is 3.94. The molecule has 0 aromatic carbocycles. The molecule has 3 nitrogen and oxygen atoms in total. The average molecular weight is 183 g/mol. The Balaban J connectivity index is 1.79. The van der Waals surface area contributed by atoms with Crippen molar-refractivity contribution in [3.05, 3.63) is 0 Å². The largest absolute Gasteiger partial charge is 0.318 e. The van der Waals surface area contributed by atoms with E-state index < -0.39 is 0 Å². The molecule has 0 aromatic rings. The molecule has 1 aliphatic carbocycles. The normalized spacial score (nSPS) is 29.1. The molecule has 0 unspecified atom stereocenters. The average Bonchev–Trinajstić information content (AvgIpc) is 2.14. The van der Waals surface area contributed by atoms with Crippen LogP contribution in [0.15, 0.2) is 0 Å². The van der Waals surface area contributed by atoms with Gasteiger partial charge in [0.15, 0.2) is 0 Å². The fourth-order valence-corrected chi connectivity index (χ4v) is 2.81. The summed E-state index contributed by atoms with van der Waals surface area (Å²) < 4.78 is 0. The number of piperidine rings is 1. The highest BCUT2D eigenvalue weighted by Gasteiger charge is 2.44. The first-order valence-electron chi connectivity index (χ1n) is 5.38. The second-order valence-electron chi connectivity index (χ2n) is 4.69. The van der Waals surface area contributed by atoms with Crippen LogP contribution in [0.2, 0.25) is 0 Å². The third-order valence-corrected chi connectivity index (χ3v) is 3.94. The Morgan fingerprint density at radius 2 is 2.00 bits per heavy atom. The van der Waals surface area contributed by atoms with Gasteiger partial charge in [-0.25, -0.2) is 0 Å². The van der Waals surface area contributed by atoms with Crippen LogP contribution in [0.4, 0.5) is 0 Å². The highest BCUT2D eigenvalue weighted by atomic mass is 15.2. The molecule has 3 N–H and O–H groups in total. The van der Waals surface area contributed by atoms with Gasteiger partial charge >= 0.3 is 0 Å². The van der Waals surface area contributed by atoms with Crippen molar-refractivity contribution >= 4 is 0 Å². The molecule has 2 fully saturated rings. The Kier molecular flexibility index (Phi) is 2.58. The molecule has 2 aliphatic rings. The zero-order chi connectivity index (χ0) is 9.31. The summed E-state index contributed by atoms with van der Waals surface area (Å²) in [4.78, 5) is 2.36. The number of nitrogens with two attached hydrogens (primary N) is 1. The quantitative estimate of drug-likeness (QED) is 0.650. The Morgan fingerprint density at radius 3 is 2.46 bits per heavy atom. The van der Waals surface area contributed by atoms with Crippen LogP contribution in [0, 0.1) is 5.41 Å². The lowest BCUT2D eigenvalue weighted by Crippen LogP contribution is -2.53. The highest BCUT2D eigenvalue weighted by Crippen LogP contribution is 2.48. The maximum Gasteiger partial charge on any atom is 0.0455 e. The predicted octanol–water partition coefficient (Wildman–Crippen LogP) is 0.367. The van der Waals surface area contributed by atoms with Crippen molar-refractivity contribution in [2.24, 2.45) is 11.1 Å². The lowest BCUT2D eigenvalue weighted by atomic mass is 9.60. The molecule has 13 heavy (non-hydrogen) atoms. The minimum Gasteiger partial charge on any atom is -0.318 e. The van der Waals surface area contributed by atoms with Gasteiger partial charge < -0.3 is 11.1 Å². The lowest BCUT2D eigenvalue weighted by molar-refractivity contribution is 0.00933. The molecule has 0 aromatic heterocycles. The van der Waals surface area contributed by atoms with Gasteiger partial charge in [0, 0.05) is 12.7 Å². The van der Waals surface area contributed by atoms with E-state index in [1.165, 1.54) is 38.8 Å². The smallest absolute Gasteiger partial charge is 0.0455 e. The second kappa shape index (κ2) is 3.56. The zero-order valence-corrected chi connectivity index (χ0v) is 8.55. The van der Waals surface area contributed by atoms with E-state index in [4.69, 9.17) is 5.73 Å². The molecule has 0 atom stereocenters. The van der Waals surface area contributed by atoms with E-state index in [-0.39, 0.29) is 0 Å². The summed E-state index contributed by atoms with van der Waals surface area (Å²) in [7, 11) is 2.08. The summed E-state index contributed by atoms with van der Waals surface area (Å²) >= 11 is 0. The van der Waals surface area contributed by atoms with E-state index in [9.17, 15) is 0 Å². The summed E-state index contributed by atoms with van der Waals surface area (Å²) in [5.41, 5.74) is 6.31. The van der Waals surface area contributed by atoms with Gasteiger partial charge in [0.1, 0.15) is 0 Å². The van der Waals surface area contributed by atoms with Crippen molar-refractivity contribution < 1.29 is 0 Å². The Morgan fingerprint density at radius 1 is 1.38 bits per heavy atom. The van der Waals surface area contributed by atoms with Gasteiger partial charge in [-0.1, -0.05) is 0 Å². The van der Waals surface area contributed by atoms with Crippen LogP contribution in [-0.2, 0) is 0 Å². The van der Waals surface area contributed by atoms with Crippen LogP contribution in [-0.4, -0.2) is 37.7 Å². The molecule has 0 radical (unpaired) electrons. The van der Waals surface area contributed by atoms with Crippen molar-refractivity contribution in [2.45, 2.75) is 31.7 Å². The van der Waals surface area contributed by atoms with Crippen LogP contribution in [0.1, 0.15) is 25.7 Å². The van der Waals surface area contributed by atoms with Crippen molar-refractivity contribution in [3.63, 3.8) is 0 Å². The van der Waals surface area contributed by atoms with Crippen molar-refractivity contribution in [1.29, 1.82) is 0 Å². The molecule has 1 saturated carbocycles. The molecular formula is C10H21N3. The first kappa shape index (κ1) is 9.44. The summed E-state index contributed by atoms with van der Waals surface area (Å²) in [5, 5.41) is 3.36. The Bertz CT molecular complexity index is 165. The van der Waals surface area contributed by atoms with Gasteiger partial charge in [-0.3, -0.25) is 4.90 Å². The maximum atomic E-state index is 5.62. The van der Waals surface area contributed by atoms with Crippen LogP contribution in [0.5, 0.6) is 0 Å². The number of likely N-dealkylation sites (tertiary alicyclic amines) is 1. The van der Waals surface area contributed by atoms with E-state index in [1.54, 1.807) is 0 Å². The van der Waals surface area contributed by atoms with E-state index in [0.29, 0.717) is 5.41 Å². The number of nitrogens with one attached hydrogen (secondary N) is 1. The number of nitrogens with zero attached hydrogens (tertiary/aromatic N) is 1. The molecule has 1 spiro atoms. The summed E-state index contributed by atoms with van der Waals surface area (Å²) in [6, 6.07) is 0.796. The number of hydrogen-bond acceptors (Lipinski definition) is 3. The highest BCUT2D eigenvalue weighted by molar-refractivity contribution is 4.99. The van der Waals surface area contributed by atoms with Gasteiger partial charge in [0.2, 0.25) is 0 Å². The molecule has 2 rings (SSSR count). The van der Waals surface area contributed by atoms with Crippen LogP contribution in [0.25, 0.3) is 0 Å². The van der Waals surface area contributed by atoms with Gasteiger partial charge in [-0.05, 0) is 51.2 Å². The van der Waals surface area contributed by atoms with Crippen molar-refractivity contribution in [1.82, 2.24) is 10.2 Å². The maximum absolute atomic E-state index is 5.62. The van der Waals surface area contributed by atoms with Gasteiger partial charge in [0.25, 0.3) is 0 Å². The SMILES string of the molecule is CNC1CC2(CCN(CN)CC2)C1. The zero-order valence-electron chi connectivity index (χ0n) is 8.55. The standard InChI is InChI=1S/C10H21N3/c1-12-9-6-10(7-9)2-4-13(8-11)5-3-10/h9,12H,2-8,11H2,1H3. The lowest BCUT2D eigenvalue weighted by Gasteiger charge is -2.52. The monoisotopic (exact) mass is 183 g/mol.